The van der Waals surface area contributed by atoms with E-state index < -0.39 is 36.4 Å². The highest BCUT2D eigenvalue weighted by atomic mass is 16.8. The fourth-order valence-electron chi connectivity index (χ4n) is 2.22. The van der Waals surface area contributed by atoms with Crippen LogP contribution in [0.25, 0.3) is 10.4 Å². The second-order valence-corrected chi connectivity index (χ2v) is 4.76. The minimum absolute atomic E-state index is 0.293. The summed E-state index contributed by atoms with van der Waals surface area (Å²) in [6.07, 6.45) is -2.90. The van der Waals surface area contributed by atoms with Crippen LogP contribution in [-0.4, -0.2) is 55.3 Å². The number of aliphatic hydroxyl groups excluding tert-OH is 1. The van der Waals surface area contributed by atoms with Crippen molar-refractivity contribution >= 4 is 0 Å². The molecule has 0 bridgehead atoms. The van der Waals surface area contributed by atoms with Gasteiger partial charge in [-0.15, -0.1) is 0 Å². The molecule has 0 radical (unpaired) electrons. The Bertz CT molecular complexity index is 357. The number of hydrogen-bond donors (Lipinski definition) is 1. The van der Waals surface area contributed by atoms with E-state index in [1.54, 1.807) is 13.8 Å². The Balaban J connectivity index is 2.23. The van der Waals surface area contributed by atoms with Crippen LogP contribution in [0.15, 0.2) is 5.11 Å². The highest BCUT2D eigenvalue weighted by molar-refractivity contribution is 4.97. The lowest BCUT2D eigenvalue weighted by Crippen LogP contribution is -2.64. The second-order valence-electron chi connectivity index (χ2n) is 4.76. The van der Waals surface area contributed by atoms with Crippen LogP contribution >= 0.6 is 0 Å². The van der Waals surface area contributed by atoms with Crippen LogP contribution in [0.3, 0.4) is 0 Å². The standard InChI is InChI=1S/C10H17N3O5/c1-10(2)16-4-5-8(18-10)6(12-13-11)7(14)9(15-3)17-5/h5-9,14H,4H2,1-3H3/t5?,6?,7?,8-,9-/m1/s1. The molecule has 18 heavy (non-hydrogen) atoms. The van der Waals surface area contributed by atoms with E-state index in [2.05, 4.69) is 10.0 Å². The molecule has 2 fully saturated rings. The van der Waals surface area contributed by atoms with Gasteiger partial charge in [-0.1, -0.05) is 5.11 Å². The van der Waals surface area contributed by atoms with E-state index in [0.29, 0.717) is 6.61 Å². The molecule has 0 aromatic carbocycles. The highest BCUT2D eigenvalue weighted by Gasteiger charge is 2.50. The van der Waals surface area contributed by atoms with Crippen LogP contribution in [0.1, 0.15) is 13.8 Å². The number of ether oxygens (including phenoxy) is 4. The molecule has 0 amide bonds. The molecule has 2 aliphatic heterocycles. The molecule has 8 nitrogen and oxygen atoms in total. The molecule has 2 aliphatic rings. The SMILES string of the molecule is CO[C@@H]1OC2COC(C)(C)O[C@H]2C(N=[N+]=[N-])C1O. The summed E-state index contributed by atoms with van der Waals surface area (Å²) in [6, 6.07) is -0.762. The lowest BCUT2D eigenvalue weighted by molar-refractivity contribution is -0.362. The van der Waals surface area contributed by atoms with Crippen LogP contribution < -0.4 is 0 Å². The number of aliphatic hydroxyl groups is 1. The Hall–Kier alpha value is -0.890. The summed E-state index contributed by atoms with van der Waals surface area (Å²) in [5.41, 5.74) is 8.59. The van der Waals surface area contributed by atoms with E-state index in [0.717, 1.165) is 0 Å². The third-order valence-electron chi connectivity index (χ3n) is 3.07. The van der Waals surface area contributed by atoms with Crippen molar-refractivity contribution in [3.05, 3.63) is 10.4 Å². The van der Waals surface area contributed by atoms with Gasteiger partial charge < -0.3 is 24.1 Å². The summed E-state index contributed by atoms with van der Waals surface area (Å²) in [4.78, 5) is 2.75. The van der Waals surface area contributed by atoms with Crippen LogP contribution in [0.4, 0.5) is 0 Å². The van der Waals surface area contributed by atoms with Crippen LogP contribution in [0, 0.1) is 0 Å². The van der Waals surface area contributed by atoms with Gasteiger partial charge >= 0.3 is 0 Å². The van der Waals surface area contributed by atoms with Crippen molar-refractivity contribution in [2.45, 2.75) is 50.3 Å². The fraction of sp³-hybridized carbons (Fsp3) is 1.00. The predicted molar refractivity (Wildman–Crippen MR) is 59.5 cm³/mol. The first-order valence-electron chi connectivity index (χ1n) is 5.71. The van der Waals surface area contributed by atoms with Crippen molar-refractivity contribution in [1.29, 1.82) is 0 Å². The molecule has 102 valence electrons. The van der Waals surface area contributed by atoms with Crippen LogP contribution in [0.5, 0.6) is 0 Å². The molecule has 8 heteroatoms. The van der Waals surface area contributed by atoms with Gasteiger partial charge in [0.2, 0.25) is 0 Å². The maximum absolute atomic E-state index is 10.0. The van der Waals surface area contributed by atoms with Crippen LogP contribution in [0.2, 0.25) is 0 Å². The monoisotopic (exact) mass is 259 g/mol. The summed E-state index contributed by atoms with van der Waals surface area (Å²) < 4.78 is 21.7. The van der Waals surface area contributed by atoms with E-state index >= 15 is 0 Å². The van der Waals surface area contributed by atoms with Gasteiger partial charge in [-0.2, -0.15) is 0 Å². The van der Waals surface area contributed by atoms with Gasteiger partial charge in [-0.25, -0.2) is 0 Å². The Morgan fingerprint density at radius 2 is 2.22 bits per heavy atom. The lowest BCUT2D eigenvalue weighted by atomic mass is 9.95. The van der Waals surface area contributed by atoms with E-state index in [9.17, 15) is 5.11 Å². The molecule has 0 spiro atoms. The number of fused-ring (bicyclic) bond motifs is 1. The van der Waals surface area contributed by atoms with Crippen LogP contribution in [-0.2, 0) is 18.9 Å². The Morgan fingerprint density at radius 1 is 1.50 bits per heavy atom. The molecule has 1 N–H and O–H groups in total. The molecular formula is C10H17N3O5. The zero-order valence-electron chi connectivity index (χ0n) is 10.5. The molecule has 0 aromatic heterocycles. The third-order valence-corrected chi connectivity index (χ3v) is 3.07. The molecule has 5 atom stereocenters. The second kappa shape index (κ2) is 5.00. The topological polar surface area (TPSA) is 106 Å². The maximum atomic E-state index is 10.0. The van der Waals surface area contributed by atoms with Gasteiger partial charge in [0, 0.05) is 12.0 Å². The first kappa shape index (κ1) is 13.5. The highest BCUT2D eigenvalue weighted by Crippen LogP contribution is 2.33. The normalized spacial score (nSPS) is 42.8. The number of nitrogens with zero attached hydrogens (tertiary/aromatic N) is 3. The van der Waals surface area contributed by atoms with Crippen molar-refractivity contribution in [3.8, 4) is 0 Å². The average molecular weight is 259 g/mol. The van der Waals surface area contributed by atoms with Gasteiger partial charge in [-0.05, 0) is 19.4 Å². The predicted octanol–water partition coefficient (Wildman–Crippen LogP) is 0.549. The van der Waals surface area contributed by atoms with Gasteiger partial charge in [0.05, 0.1) is 12.6 Å². The maximum Gasteiger partial charge on any atom is 0.184 e. The van der Waals surface area contributed by atoms with Crippen molar-refractivity contribution < 1.29 is 24.1 Å². The van der Waals surface area contributed by atoms with Gasteiger partial charge in [0.25, 0.3) is 0 Å². The molecular weight excluding hydrogens is 242 g/mol. The van der Waals surface area contributed by atoms with Gasteiger partial charge in [0.15, 0.2) is 12.1 Å². The minimum atomic E-state index is -1.07. The van der Waals surface area contributed by atoms with Crippen molar-refractivity contribution in [2.24, 2.45) is 5.11 Å². The molecule has 2 saturated heterocycles. The summed E-state index contributed by atoms with van der Waals surface area (Å²) in [6.45, 7) is 3.80. The lowest BCUT2D eigenvalue weighted by Gasteiger charge is -2.48. The molecule has 0 aliphatic carbocycles. The average Bonchev–Trinajstić information content (AvgIpc) is 2.32. The number of methoxy groups -OCH3 is 1. The Morgan fingerprint density at radius 3 is 2.83 bits per heavy atom. The summed E-state index contributed by atoms with van der Waals surface area (Å²) >= 11 is 0. The molecule has 0 saturated carbocycles. The number of rotatable bonds is 2. The van der Waals surface area contributed by atoms with E-state index in [1.807, 2.05) is 0 Å². The first-order chi connectivity index (χ1) is 8.48. The van der Waals surface area contributed by atoms with E-state index in [4.69, 9.17) is 24.5 Å². The van der Waals surface area contributed by atoms with Crippen molar-refractivity contribution in [2.75, 3.05) is 13.7 Å². The summed E-state index contributed by atoms with van der Waals surface area (Å²) in [5, 5.41) is 13.6. The fourth-order valence-corrected chi connectivity index (χ4v) is 2.22. The summed E-state index contributed by atoms with van der Waals surface area (Å²) in [7, 11) is 1.41. The van der Waals surface area contributed by atoms with Crippen molar-refractivity contribution in [3.63, 3.8) is 0 Å². The zero-order valence-corrected chi connectivity index (χ0v) is 10.5. The Kier molecular flexibility index (Phi) is 3.76. The number of azide groups is 1. The van der Waals surface area contributed by atoms with E-state index in [1.165, 1.54) is 7.11 Å². The zero-order chi connectivity index (χ0) is 13.3. The minimum Gasteiger partial charge on any atom is -0.387 e. The van der Waals surface area contributed by atoms with E-state index in [-0.39, 0.29) is 0 Å². The summed E-state index contributed by atoms with van der Waals surface area (Å²) in [5.74, 6) is -0.798. The Labute approximate surface area is 104 Å². The smallest absolute Gasteiger partial charge is 0.184 e. The van der Waals surface area contributed by atoms with Gasteiger partial charge in [-0.3, -0.25) is 0 Å². The first-order valence-corrected chi connectivity index (χ1v) is 5.71. The molecule has 2 rings (SSSR count). The molecule has 2 heterocycles. The number of hydrogen-bond acceptors (Lipinski definition) is 6. The van der Waals surface area contributed by atoms with Gasteiger partial charge in [0.1, 0.15) is 18.3 Å². The quantitative estimate of drug-likeness (QED) is 0.443. The third kappa shape index (κ3) is 2.44. The van der Waals surface area contributed by atoms with Crippen molar-refractivity contribution in [1.82, 2.24) is 0 Å². The largest absolute Gasteiger partial charge is 0.387 e. The molecule has 3 unspecified atom stereocenters. The molecule has 0 aromatic rings.